The molecular formula is C62H78N6O10S2. The van der Waals surface area contributed by atoms with Crippen LogP contribution >= 0.6 is 27.0 Å². The van der Waals surface area contributed by atoms with Crippen molar-refractivity contribution in [2.75, 3.05) is 13.1 Å². The lowest BCUT2D eigenvalue weighted by molar-refractivity contribution is -0.120. The van der Waals surface area contributed by atoms with Crippen LogP contribution in [0.15, 0.2) is 133 Å². The Labute approximate surface area is 484 Å². The number of hydrogen-bond acceptors (Lipinski definition) is 10. The molecule has 6 aromatic rings. The highest BCUT2D eigenvalue weighted by Crippen LogP contribution is 2.22. The molecule has 0 saturated carbocycles. The molecule has 0 aliphatic heterocycles. The number of rotatable bonds is 21. The summed E-state index contributed by atoms with van der Waals surface area (Å²) in [6, 6.07) is 42.0. The van der Waals surface area contributed by atoms with Crippen molar-refractivity contribution in [2.45, 2.75) is 129 Å². The van der Waals surface area contributed by atoms with Gasteiger partial charge in [0.05, 0.1) is 0 Å². The molecule has 0 heterocycles. The van der Waals surface area contributed by atoms with E-state index < -0.39 is 59.5 Å². The number of alkyl carbamates (subject to hydrolysis) is 4. The summed E-state index contributed by atoms with van der Waals surface area (Å²) in [5.41, 5.74) is 15.7. The number of unbranched alkanes of at least 4 members (excludes halogenated alkanes) is 1. The summed E-state index contributed by atoms with van der Waals surface area (Å²) >= 11 is 0. The Morgan fingerprint density at radius 1 is 0.475 bits per heavy atom. The maximum atomic E-state index is 12.0. The van der Waals surface area contributed by atoms with Crippen LogP contribution in [0.5, 0.6) is 0 Å². The fourth-order valence-corrected chi connectivity index (χ4v) is 7.86. The first kappa shape index (κ1) is 66.4. The zero-order valence-electron chi connectivity index (χ0n) is 46.6. The van der Waals surface area contributed by atoms with Gasteiger partial charge in [0.25, 0.3) is 0 Å². The molecule has 8 N–H and O–H groups in total. The molecule has 80 heavy (non-hydrogen) atoms. The smallest absolute Gasteiger partial charge is 0.408 e. The van der Waals surface area contributed by atoms with E-state index in [-0.39, 0.29) is 40.2 Å². The molecule has 0 fully saturated rings. The number of carbonyl (C=O) groups is 6. The van der Waals surface area contributed by atoms with Crippen molar-refractivity contribution >= 4 is 84.7 Å². The minimum absolute atomic E-state index is 0. The second-order valence-corrected chi connectivity index (χ2v) is 20.7. The molecule has 0 aliphatic carbocycles. The van der Waals surface area contributed by atoms with E-state index in [9.17, 15) is 28.8 Å². The molecule has 0 aromatic heterocycles. The molecule has 0 radical (unpaired) electrons. The molecule has 6 amide bonds. The van der Waals surface area contributed by atoms with Crippen LogP contribution in [0.1, 0.15) is 107 Å². The number of primary amides is 2. The minimum atomic E-state index is -0.826. The molecule has 16 nitrogen and oxygen atoms in total. The van der Waals surface area contributed by atoms with Gasteiger partial charge in [-0.1, -0.05) is 133 Å². The number of fused-ring (bicyclic) bond motifs is 2. The van der Waals surface area contributed by atoms with E-state index in [0.717, 1.165) is 68.6 Å². The number of aryl methyl sites for hydroxylation is 3. The van der Waals surface area contributed by atoms with Gasteiger partial charge in [-0.25, -0.2) is 19.2 Å². The topological polar surface area (TPSA) is 239 Å². The predicted molar refractivity (Wildman–Crippen MR) is 324 cm³/mol. The van der Waals surface area contributed by atoms with Gasteiger partial charge in [-0.3, -0.25) is 9.59 Å². The van der Waals surface area contributed by atoms with Crippen molar-refractivity contribution in [3.63, 3.8) is 0 Å². The van der Waals surface area contributed by atoms with Gasteiger partial charge in [0.2, 0.25) is 11.8 Å². The highest BCUT2D eigenvalue weighted by atomic mass is 32.1. The lowest BCUT2D eigenvalue weighted by Gasteiger charge is -2.22. The van der Waals surface area contributed by atoms with Gasteiger partial charge in [0, 0.05) is 25.1 Å². The van der Waals surface area contributed by atoms with Gasteiger partial charge < -0.3 is 51.7 Å². The van der Waals surface area contributed by atoms with Crippen molar-refractivity contribution in [2.24, 2.45) is 11.5 Å². The van der Waals surface area contributed by atoms with Gasteiger partial charge in [0.15, 0.2) is 0 Å². The first-order valence-corrected chi connectivity index (χ1v) is 26.2. The average molecular weight is 1130 g/mol. The molecule has 0 aliphatic rings. The van der Waals surface area contributed by atoms with Gasteiger partial charge >= 0.3 is 24.4 Å². The molecule has 18 heteroatoms. The largest absolute Gasteiger partial charge is 0.445 e. The molecule has 0 bridgehead atoms. The first-order chi connectivity index (χ1) is 37.2. The summed E-state index contributed by atoms with van der Waals surface area (Å²) in [5, 5.41) is 14.9. The van der Waals surface area contributed by atoms with E-state index in [2.05, 4.69) is 63.4 Å². The van der Waals surface area contributed by atoms with Crippen LogP contribution in [0.4, 0.5) is 19.2 Å². The third kappa shape index (κ3) is 25.7. The maximum absolute atomic E-state index is 12.0. The fraction of sp³-hybridized carbons (Fsp3) is 0.355. The SMILES string of the molecule is CC(C)(C)OC(=O)N[C@@H](CCc1ccc2cc(C#CCCNC(=O)OCc3ccccc3)ccc2c1)C(N)=O.CC(C)(C)OC(=O)N[C@@H](CCc1ccc2cc(CCCCNC(=O)OCc3ccccc3)ccc2c1)C(N)=O.S.S. The van der Waals surface area contributed by atoms with Gasteiger partial charge in [0.1, 0.15) is 36.5 Å². The van der Waals surface area contributed by atoms with E-state index in [4.69, 9.17) is 30.4 Å². The highest BCUT2D eigenvalue weighted by molar-refractivity contribution is 7.59. The summed E-state index contributed by atoms with van der Waals surface area (Å²) in [5.74, 6) is 5.00. The Kier molecular flexibility index (Phi) is 27.8. The van der Waals surface area contributed by atoms with E-state index in [1.807, 2.05) is 103 Å². The van der Waals surface area contributed by atoms with Crippen molar-refractivity contribution in [3.05, 3.63) is 167 Å². The lowest BCUT2D eigenvalue weighted by Crippen LogP contribution is -2.46. The monoisotopic (exact) mass is 1130 g/mol. The van der Waals surface area contributed by atoms with Crippen LogP contribution in [-0.4, -0.2) is 72.6 Å². The number of nitrogens with one attached hydrogen (secondary N) is 4. The highest BCUT2D eigenvalue weighted by Gasteiger charge is 2.24. The van der Waals surface area contributed by atoms with E-state index in [0.29, 0.717) is 45.2 Å². The van der Waals surface area contributed by atoms with Crippen molar-refractivity contribution in [1.82, 2.24) is 21.3 Å². The zero-order chi connectivity index (χ0) is 56.5. The maximum Gasteiger partial charge on any atom is 0.408 e. The second-order valence-electron chi connectivity index (χ2n) is 20.7. The number of amides is 6. The standard InChI is InChI=1S/C31H39N3O5.C31H35N3O5.2H2S/c2*1-31(2,3)39-30(37)34-27(28(32)35)17-14-23-13-16-25-19-22(12-15-26(25)20-23)9-7-8-18-33-29(36)38-21-24-10-5-4-6-11-24;;/h4-6,10-13,15-16,19-20,27H,7-9,14,17-18,21H2,1-3H3,(H2,32,35)(H,33,36)(H,34,37);4-6,10-13,15-16,19-20,27H,8,14,17-18,21H2,1-3H3,(H2,32,35)(H,33,36)(H,34,37);2*1H2/t2*27-;;/m00../s1. The van der Waals surface area contributed by atoms with Crippen LogP contribution in [0.3, 0.4) is 0 Å². The summed E-state index contributed by atoms with van der Waals surface area (Å²) in [6.45, 7) is 12.0. The molecule has 0 unspecified atom stereocenters. The van der Waals surface area contributed by atoms with Crippen LogP contribution in [-0.2, 0) is 61.0 Å². The fourth-order valence-electron chi connectivity index (χ4n) is 7.86. The van der Waals surface area contributed by atoms with Gasteiger partial charge in [-0.15, -0.1) is 0 Å². The van der Waals surface area contributed by atoms with E-state index in [1.165, 1.54) is 5.56 Å². The third-order valence-corrected chi connectivity index (χ3v) is 11.7. The van der Waals surface area contributed by atoms with Gasteiger partial charge in [-0.2, -0.15) is 27.0 Å². The number of carbonyl (C=O) groups excluding carboxylic acids is 6. The molecule has 6 rings (SSSR count). The summed E-state index contributed by atoms with van der Waals surface area (Å²) in [4.78, 5) is 71.4. The minimum Gasteiger partial charge on any atom is -0.445 e. The molecular weight excluding hydrogens is 1050 g/mol. The summed E-state index contributed by atoms with van der Waals surface area (Å²) < 4.78 is 20.9. The Hall–Kier alpha value is -7.88. The Bertz CT molecular complexity index is 3030. The van der Waals surface area contributed by atoms with Crippen LogP contribution in [0.25, 0.3) is 21.5 Å². The Morgan fingerprint density at radius 3 is 1.30 bits per heavy atom. The molecule has 0 spiro atoms. The third-order valence-electron chi connectivity index (χ3n) is 11.7. The quantitative estimate of drug-likeness (QED) is 0.0226. The summed E-state index contributed by atoms with van der Waals surface area (Å²) in [7, 11) is 0. The van der Waals surface area contributed by atoms with Gasteiger partial charge in [-0.05, 0) is 148 Å². The Morgan fingerprint density at radius 2 is 0.875 bits per heavy atom. The molecule has 428 valence electrons. The second kappa shape index (κ2) is 33.5. The number of ether oxygens (including phenoxy) is 4. The number of hydrogen-bond donors (Lipinski definition) is 6. The molecule has 2 atom stereocenters. The Balaban J connectivity index is 0.000000410. The van der Waals surface area contributed by atoms with Crippen LogP contribution in [0.2, 0.25) is 0 Å². The lowest BCUT2D eigenvalue weighted by atomic mass is 9.98. The van der Waals surface area contributed by atoms with Crippen molar-refractivity contribution in [3.8, 4) is 11.8 Å². The van der Waals surface area contributed by atoms with Crippen molar-refractivity contribution < 1.29 is 47.7 Å². The van der Waals surface area contributed by atoms with Crippen molar-refractivity contribution in [1.29, 1.82) is 0 Å². The number of benzene rings is 6. The normalized spacial score (nSPS) is 11.5. The molecule has 6 aromatic carbocycles. The number of nitrogens with two attached hydrogens (primary N) is 2. The summed E-state index contributed by atoms with van der Waals surface area (Å²) in [6.07, 6.45) is 2.90. The zero-order valence-corrected chi connectivity index (χ0v) is 48.6. The van der Waals surface area contributed by atoms with E-state index in [1.54, 1.807) is 41.5 Å². The first-order valence-electron chi connectivity index (χ1n) is 26.2. The average Bonchev–Trinajstić information content (AvgIpc) is 3.39. The van der Waals surface area contributed by atoms with E-state index >= 15 is 0 Å². The molecule has 0 saturated heterocycles. The van der Waals surface area contributed by atoms with Crippen LogP contribution in [0, 0.1) is 11.8 Å². The predicted octanol–water partition coefficient (Wildman–Crippen LogP) is 10.4. The van der Waals surface area contributed by atoms with Crippen LogP contribution < -0.4 is 32.7 Å².